The van der Waals surface area contributed by atoms with E-state index < -0.39 is 0 Å². The molecule has 0 amide bonds. The van der Waals surface area contributed by atoms with Crippen LogP contribution < -0.4 is 11.5 Å². The molecule has 1 aromatic heterocycles. The van der Waals surface area contributed by atoms with Crippen molar-refractivity contribution < 1.29 is 0 Å². The molecule has 4 N–H and O–H groups in total. The van der Waals surface area contributed by atoms with Gasteiger partial charge < -0.3 is 11.5 Å². The lowest BCUT2D eigenvalue weighted by atomic mass is 10.1. The third kappa shape index (κ3) is 3.35. The number of hydrogen-bond donors (Lipinski definition) is 2. The summed E-state index contributed by atoms with van der Waals surface area (Å²) in [6.45, 7) is 0.576. The van der Waals surface area contributed by atoms with Crippen molar-refractivity contribution in [2.24, 2.45) is 5.73 Å². The van der Waals surface area contributed by atoms with Gasteiger partial charge in [-0.15, -0.1) is 34.9 Å². The minimum Gasteiger partial charge on any atom is -0.399 e. The molecule has 3 rings (SSSR count). The molecule has 0 saturated carbocycles. The molecule has 124 valence electrons. The van der Waals surface area contributed by atoms with Gasteiger partial charge in [-0.25, -0.2) is 0 Å². The highest BCUT2D eigenvalue weighted by Crippen LogP contribution is 2.50. The van der Waals surface area contributed by atoms with Crippen LogP contribution in [0.2, 0.25) is 0 Å². The lowest BCUT2D eigenvalue weighted by molar-refractivity contribution is 1.07. The van der Waals surface area contributed by atoms with Crippen LogP contribution in [-0.2, 0) is 6.54 Å². The van der Waals surface area contributed by atoms with Crippen molar-refractivity contribution in [3.05, 3.63) is 54.1 Å². The molecule has 0 saturated heterocycles. The van der Waals surface area contributed by atoms with Crippen LogP contribution in [0.15, 0.2) is 58.3 Å². The molecule has 5 heteroatoms. The topological polar surface area (TPSA) is 52.0 Å². The number of nitrogen functional groups attached to an aromatic ring is 1. The first-order chi connectivity index (χ1) is 11.7. The van der Waals surface area contributed by atoms with Gasteiger partial charge in [-0.2, -0.15) is 0 Å². The van der Waals surface area contributed by atoms with Gasteiger partial charge in [0.15, 0.2) is 0 Å². The van der Waals surface area contributed by atoms with Crippen molar-refractivity contribution in [2.45, 2.75) is 16.3 Å². The van der Waals surface area contributed by atoms with Crippen LogP contribution >= 0.6 is 34.9 Å². The minimum atomic E-state index is 0.576. The maximum Gasteiger partial charge on any atom is 0.0496 e. The zero-order chi connectivity index (χ0) is 17.1. The van der Waals surface area contributed by atoms with Crippen LogP contribution in [0.4, 0.5) is 5.69 Å². The van der Waals surface area contributed by atoms with Gasteiger partial charge in [0, 0.05) is 31.8 Å². The number of rotatable bonds is 5. The lowest BCUT2D eigenvalue weighted by Crippen LogP contribution is -1.95. The second-order valence-corrected chi connectivity index (χ2v) is 8.00. The van der Waals surface area contributed by atoms with Gasteiger partial charge in [0.25, 0.3) is 0 Å². The van der Waals surface area contributed by atoms with E-state index in [4.69, 9.17) is 11.5 Å². The molecule has 0 bridgehead atoms. The van der Waals surface area contributed by atoms with E-state index in [1.165, 1.54) is 30.7 Å². The van der Waals surface area contributed by atoms with Crippen molar-refractivity contribution >= 4 is 40.5 Å². The van der Waals surface area contributed by atoms with Gasteiger partial charge in [-0.1, -0.05) is 36.4 Å². The molecule has 0 atom stereocenters. The predicted octanol–water partition coefficient (Wildman–Crippen LogP) is 5.57. The second-order valence-electron chi connectivity index (χ2n) is 5.35. The fraction of sp³-hybridized carbons (Fsp3) is 0.158. The summed E-state index contributed by atoms with van der Waals surface area (Å²) >= 11 is 5.46. The Hall–Kier alpha value is -1.40. The highest BCUT2D eigenvalue weighted by atomic mass is 32.2. The van der Waals surface area contributed by atoms with Crippen LogP contribution in [0, 0.1) is 0 Å². The van der Waals surface area contributed by atoms with Crippen molar-refractivity contribution in [1.82, 2.24) is 0 Å². The minimum absolute atomic E-state index is 0.576. The Kier molecular flexibility index (Phi) is 5.56. The standard InChI is InChI=1S/C19H20N2S3/c1-22-18-16(13-5-3-12(11-20)4-6-13)24-17(19(18)23-2)14-7-9-15(21)10-8-14/h3-10H,11,20-21H2,1-2H3. The van der Waals surface area contributed by atoms with E-state index in [1.807, 2.05) is 47.0 Å². The monoisotopic (exact) mass is 372 g/mol. The number of hydrogen-bond acceptors (Lipinski definition) is 5. The van der Waals surface area contributed by atoms with Gasteiger partial charge in [-0.3, -0.25) is 0 Å². The smallest absolute Gasteiger partial charge is 0.0496 e. The van der Waals surface area contributed by atoms with E-state index in [-0.39, 0.29) is 0 Å². The van der Waals surface area contributed by atoms with Crippen molar-refractivity contribution in [1.29, 1.82) is 0 Å². The Labute approximate surface area is 155 Å². The highest BCUT2D eigenvalue weighted by molar-refractivity contribution is 8.02. The lowest BCUT2D eigenvalue weighted by Gasteiger charge is -2.05. The van der Waals surface area contributed by atoms with Gasteiger partial charge in [0.05, 0.1) is 0 Å². The van der Waals surface area contributed by atoms with E-state index in [1.54, 1.807) is 0 Å². The number of thiophene rings is 1. The van der Waals surface area contributed by atoms with Crippen molar-refractivity contribution in [2.75, 3.05) is 18.2 Å². The van der Waals surface area contributed by atoms with Crippen molar-refractivity contribution in [3.63, 3.8) is 0 Å². The third-order valence-corrected chi connectivity index (χ3v) is 7.16. The van der Waals surface area contributed by atoms with Crippen molar-refractivity contribution in [3.8, 4) is 20.9 Å². The molecule has 0 aliphatic heterocycles. The maximum absolute atomic E-state index is 5.84. The van der Waals surface area contributed by atoms with Crippen LogP contribution in [0.1, 0.15) is 5.56 Å². The van der Waals surface area contributed by atoms with E-state index >= 15 is 0 Å². The van der Waals surface area contributed by atoms with Gasteiger partial charge >= 0.3 is 0 Å². The van der Waals surface area contributed by atoms with E-state index in [0.717, 1.165) is 11.3 Å². The molecule has 1 heterocycles. The number of nitrogens with two attached hydrogens (primary N) is 2. The summed E-state index contributed by atoms with van der Waals surface area (Å²) in [6.07, 6.45) is 4.29. The normalized spacial score (nSPS) is 11.0. The summed E-state index contributed by atoms with van der Waals surface area (Å²) in [5.41, 5.74) is 16.0. The van der Waals surface area contributed by atoms with Crippen LogP contribution in [0.25, 0.3) is 20.9 Å². The average Bonchev–Trinajstić information content (AvgIpc) is 3.01. The molecule has 2 aromatic carbocycles. The third-order valence-electron chi connectivity index (χ3n) is 3.86. The van der Waals surface area contributed by atoms with E-state index in [0.29, 0.717) is 6.54 Å². The Balaban J connectivity index is 2.14. The summed E-state index contributed by atoms with van der Waals surface area (Å²) < 4.78 is 0. The van der Waals surface area contributed by atoms with E-state index in [2.05, 4.69) is 48.9 Å². The fourth-order valence-corrected chi connectivity index (χ4v) is 6.24. The summed E-state index contributed by atoms with van der Waals surface area (Å²) in [5.74, 6) is 0. The second kappa shape index (κ2) is 7.66. The first-order valence-corrected chi connectivity index (χ1v) is 10.8. The fourth-order valence-electron chi connectivity index (χ4n) is 2.58. The average molecular weight is 373 g/mol. The zero-order valence-electron chi connectivity index (χ0n) is 13.7. The summed E-state index contributed by atoms with van der Waals surface area (Å²) in [6, 6.07) is 16.7. The molecule has 2 nitrogen and oxygen atoms in total. The van der Waals surface area contributed by atoms with Crippen LogP contribution in [-0.4, -0.2) is 12.5 Å². The Morgan fingerprint density at radius 3 is 1.67 bits per heavy atom. The molecule has 0 fully saturated rings. The summed E-state index contributed by atoms with van der Waals surface area (Å²) in [7, 11) is 0. The first kappa shape index (κ1) is 17.4. The Morgan fingerprint density at radius 2 is 1.25 bits per heavy atom. The quantitative estimate of drug-likeness (QED) is 0.454. The molecule has 0 unspecified atom stereocenters. The summed E-state index contributed by atoms with van der Waals surface area (Å²) in [5, 5.41) is 0. The number of thioether (sulfide) groups is 2. The van der Waals surface area contributed by atoms with E-state index in [9.17, 15) is 0 Å². The van der Waals surface area contributed by atoms with Gasteiger partial charge in [0.2, 0.25) is 0 Å². The molecule has 0 spiro atoms. The largest absolute Gasteiger partial charge is 0.399 e. The molecule has 0 aliphatic rings. The highest BCUT2D eigenvalue weighted by Gasteiger charge is 2.19. The maximum atomic E-state index is 5.84. The zero-order valence-corrected chi connectivity index (χ0v) is 16.2. The predicted molar refractivity (Wildman–Crippen MR) is 111 cm³/mol. The molecular formula is C19H20N2S3. The molecule has 0 radical (unpaired) electrons. The SMILES string of the molecule is CSc1c(-c2ccc(N)cc2)sc(-c2ccc(CN)cc2)c1SC. The molecular weight excluding hydrogens is 352 g/mol. The Morgan fingerprint density at radius 1 is 0.792 bits per heavy atom. The molecule has 24 heavy (non-hydrogen) atoms. The Bertz CT molecular complexity index is 821. The number of benzene rings is 2. The first-order valence-electron chi connectivity index (χ1n) is 7.58. The van der Waals surface area contributed by atoms with Gasteiger partial charge in [-0.05, 0) is 41.3 Å². The molecule has 0 aliphatic carbocycles. The van der Waals surface area contributed by atoms with Gasteiger partial charge in [0.1, 0.15) is 0 Å². The summed E-state index contributed by atoms with van der Waals surface area (Å²) in [4.78, 5) is 5.32. The van der Waals surface area contributed by atoms with Crippen LogP contribution in [0.5, 0.6) is 0 Å². The number of anilines is 1. The van der Waals surface area contributed by atoms with Crippen LogP contribution in [0.3, 0.4) is 0 Å². The molecule has 3 aromatic rings.